The monoisotopic (exact) mass is 598 g/mol. The van der Waals surface area contributed by atoms with E-state index in [9.17, 15) is 22.8 Å². The third-order valence-electron chi connectivity index (χ3n) is 8.48. The Hall–Kier alpha value is -3.87. The number of carbonyl (C=O) groups is 2. The van der Waals surface area contributed by atoms with Crippen molar-refractivity contribution in [1.82, 2.24) is 9.80 Å². The number of rotatable bonds is 6. The van der Waals surface area contributed by atoms with Crippen LogP contribution in [0, 0.1) is 6.92 Å². The number of allylic oxidation sites excluding steroid dienone is 1. The number of ether oxygens (including phenoxy) is 1. The van der Waals surface area contributed by atoms with E-state index in [1.165, 1.54) is 6.07 Å². The van der Waals surface area contributed by atoms with Crippen molar-refractivity contribution in [3.8, 4) is 0 Å². The van der Waals surface area contributed by atoms with Gasteiger partial charge in [-0.1, -0.05) is 12.1 Å². The Morgan fingerprint density at radius 3 is 2.35 bits per heavy atom. The Bertz CT molecular complexity index is 1440. The average molecular weight is 599 g/mol. The van der Waals surface area contributed by atoms with Crippen LogP contribution in [0.1, 0.15) is 27.0 Å². The van der Waals surface area contributed by atoms with Crippen molar-refractivity contribution in [3.63, 3.8) is 0 Å². The SMILES string of the molecule is Cc1ccc(NC(=O)c2cc(N3CCOCC3)cc(C(F)(F)F)c2)cc1C1(C(N)=O)C=C(N2CCN(C)CC2)C=CC1N. The fourth-order valence-electron chi connectivity index (χ4n) is 5.88. The van der Waals surface area contributed by atoms with Gasteiger partial charge in [-0.25, -0.2) is 0 Å². The van der Waals surface area contributed by atoms with Crippen LogP contribution in [0.5, 0.6) is 0 Å². The minimum absolute atomic E-state index is 0.141. The van der Waals surface area contributed by atoms with Crippen LogP contribution in [0.2, 0.25) is 0 Å². The molecule has 2 atom stereocenters. The van der Waals surface area contributed by atoms with E-state index < -0.39 is 35.0 Å². The molecule has 9 nitrogen and oxygen atoms in total. The number of amides is 2. The van der Waals surface area contributed by atoms with Crippen LogP contribution in [-0.2, 0) is 21.1 Å². The number of benzene rings is 2. The number of anilines is 2. The molecular formula is C31H37F3N6O3. The molecule has 2 aliphatic heterocycles. The number of nitrogens with zero attached hydrogens (tertiary/aromatic N) is 3. The largest absolute Gasteiger partial charge is 0.416 e. The lowest BCUT2D eigenvalue weighted by Gasteiger charge is -2.41. The molecule has 230 valence electrons. The maximum absolute atomic E-state index is 13.8. The van der Waals surface area contributed by atoms with Crippen LogP contribution in [0.3, 0.4) is 0 Å². The molecule has 1 aliphatic carbocycles. The number of primary amides is 1. The molecule has 5 N–H and O–H groups in total. The number of hydrogen-bond donors (Lipinski definition) is 3. The summed E-state index contributed by atoms with van der Waals surface area (Å²) >= 11 is 0. The van der Waals surface area contributed by atoms with E-state index in [2.05, 4.69) is 22.2 Å². The number of halogens is 3. The van der Waals surface area contributed by atoms with Crippen molar-refractivity contribution in [2.75, 3.05) is 69.7 Å². The molecule has 0 aromatic heterocycles. The van der Waals surface area contributed by atoms with E-state index in [0.29, 0.717) is 43.2 Å². The van der Waals surface area contributed by atoms with Crippen molar-refractivity contribution in [1.29, 1.82) is 0 Å². The molecular weight excluding hydrogens is 561 g/mol. The number of aryl methyl sites for hydroxylation is 1. The Balaban J connectivity index is 1.49. The molecule has 2 heterocycles. The second-order valence-electron chi connectivity index (χ2n) is 11.3. The molecule has 0 bridgehead atoms. The van der Waals surface area contributed by atoms with Gasteiger partial charge in [0, 0.05) is 67.9 Å². The fourth-order valence-corrected chi connectivity index (χ4v) is 5.88. The van der Waals surface area contributed by atoms with Crippen LogP contribution in [-0.4, -0.2) is 87.2 Å². The number of morpholine rings is 1. The number of likely N-dealkylation sites (N-methyl/N-ethyl adjacent to an activating group) is 1. The van der Waals surface area contributed by atoms with Crippen molar-refractivity contribution in [2.24, 2.45) is 11.5 Å². The lowest BCUT2D eigenvalue weighted by Crippen LogP contribution is -2.55. The molecule has 2 aromatic carbocycles. The van der Waals surface area contributed by atoms with Gasteiger partial charge in [0.2, 0.25) is 5.91 Å². The summed E-state index contributed by atoms with van der Waals surface area (Å²) in [4.78, 5) is 32.8. The van der Waals surface area contributed by atoms with E-state index >= 15 is 0 Å². The van der Waals surface area contributed by atoms with Gasteiger partial charge in [-0.2, -0.15) is 13.2 Å². The lowest BCUT2D eigenvalue weighted by atomic mass is 9.69. The first-order chi connectivity index (χ1) is 20.4. The highest BCUT2D eigenvalue weighted by Crippen LogP contribution is 2.38. The minimum atomic E-state index is -4.64. The zero-order valence-electron chi connectivity index (χ0n) is 24.3. The normalized spacial score (nSPS) is 23.2. The van der Waals surface area contributed by atoms with Gasteiger partial charge in [0.05, 0.1) is 18.8 Å². The standard InChI is InChI=1S/C31H37F3N6O3/c1-20-3-4-23(37-28(41)21-15-22(31(32,33)34)17-25(16-21)40-11-13-43-14-12-40)18-26(20)30(29(36)42)19-24(5-6-27(30)35)39-9-7-38(2)8-10-39/h3-6,15-19,27H,7-14,35H2,1-2H3,(H2,36,42)(H,37,41). The molecule has 2 unspecified atom stereocenters. The molecule has 12 heteroatoms. The first kappa shape index (κ1) is 30.6. The fraction of sp³-hybridized carbons (Fsp3) is 0.419. The minimum Gasteiger partial charge on any atom is -0.378 e. The summed E-state index contributed by atoms with van der Waals surface area (Å²) in [5, 5.41) is 2.73. The van der Waals surface area contributed by atoms with Crippen LogP contribution < -0.4 is 21.7 Å². The molecule has 2 amide bonds. The number of piperazine rings is 1. The topological polar surface area (TPSA) is 117 Å². The Kier molecular flexibility index (Phi) is 8.55. The highest BCUT2D eigenvalue weighted by Gasteiger charge is 2.45. The summed E-state index contributed by atoms with van der Waals surface area (Å²) in [5.41, 5.74) is 12.8. The van der Waals surface area contributed by atoms with Gasteiger partial charge in [-0.05, 0) is 67.6 Å². The van der Waals surface area contributed by atoms with Gasteiger partial charge in [0.15, 0.2) is 0 Å². The molecule has 2 saturated heterocycles. The highest BCUT2D eigenvalue weighted by molar-refractivity contribution is 6.05. The van der Waals surface area contributed by atoms with E-state index in [-0.39, 0.29) is 5.56 Å². The molecule has 0 radical (unpaired) electrons. The number of carbonyl (C=O) groups excluding carboxylic acids is 2. The van der Waals surface area contributed by atoms with Crippen molar-refractivity contribution >= 4 is 23.2 Å². The van der Waals surface area contributed by atoms with Crippen molar-refractivity contribution < 1.29 is 27.5 Å². The molecule has 2 aromatic rings. The summed E-state index contributed by atoms with van der Waals surface area (Å²) < 4.78 is 46.7. The number of hydrogen-bond acceptors (Lipinski definition) is 7. The molecule has 43 heavy (non-hydrogen) atoms. The Labute approximate surface area is 248 Å². The summed E-state index contributed by atoms with van der Waals surface area (Å²) in [6.07, 6.45) is 0.831. The second kappa shape index (κ2) is 12.0. The van der Waals surface area contributed by atoms with Gasteiger partial charge < -0.3 is 36.2 Å². The van der Waals surface area contributed by atoms with E-state index in [0.717, 1.165) is 49.6 Å². The predicted molar refractivity (Wildman–Crippen MR) is 159 cm³/mol. The van der Waals surface area contributed by atoms with Crippen LogP contribution >= 0.6 is 0 Å². The van der Waals surface area contributed by atoms with E-state index in [1.807, 2.05) is 13.0 Å². The third kappa shape index (κ3) is 6.27. The maximum Gasteiger partial charge on any atom is 0.416 e. The molecule has 2 fully saturated rings. The van der Waals surface area contributed by atoms with Gasteiger partial charge in [0.1, 0.15) is 5.41 Å². The zero-order chi connectivity index (χ0) is 30.9. The molecule has 3 aliphatic rings. The Morgan fingerprint density at radius 1 is 1.00 bits per heavy atom. The summed E-state index contributed by atoms with van der Waals surface area (Å²) in [7, 11) is 2.05. The maximum atomic E-state index is 13.8. The average Bonchev–Trinajstić information content (AvgIpc) is 2.98. The first-order valence-electron chi connectivity index (χ1n) is 14.3. The van der Waals surface area contributed by atoms with Gasteiger partial charge >= 0.3 is 6.18 Å². The van der Waals surface area contributed by atoms with Gasteiger partial charge in [-0.15, -0.1) is 0 Å². The highest BCUT2D eigenvalue weighted by atomic mass is 19.4. The van der Waals surface area contributed by atoms with E-state index in [4.69, 9.17) is 16.2 Å². The predicted octanol–water partition coefficient (Wildman–Crippen LogP) is 2.85. The van der Waals surface area contributed by atoms with Gasteiger partial charge in [0.25, 0.3) is 5.91 Å². The molecule has 0 saturated carbocycles. The summed E-state index contributed by atoms with van der Waals surface area (Å²) in [5.74, 6) is -1.36. The number of alkyl halides is 3. The quantitative estimate of drug-likeness (QED) is 0.468. The molecule has 0 spiro atoms. The van der Waals surface area contributed by atoms with Crippen LogP contribution in [0.4, 0.5) is 24.5 Å². The Morgan fingerprint density at radius 2 is 1.70 bits per heavy atom. The first-order valence-corrected chi connectivity index (χ1v) is 14.3. The number of nitrogens with one attached hydrogen (secondary N) is 1. The number of nitrogens with two attached hydrogens (primary N) is 2. The lowest BCUT2D eigenvalue weighted by molar-refractivity contribution is -0.137. The third-order valence-corrected chi connectivity index (χ3v) is 8.48. The van der Waals surface area contributed by atoms with Crippen LogP contribution in [0.15, 0.2) is 60.3 Å². The summed E-state index contributed by atoms with van der Waals surface area (Å²) in [6.45, 7) is 6.69. The van der Waals surface area contributed by atoms with Crippen LogP contribution in [0.25, 0.3) is 0 Å². The van der Waals surface area contributed by atoms with E-state index in [1.54, 1.807) is 35.3 Å². The summed E-state index contributed by atoms with van der Waals surface area (Å²) in [6, 6.07) is 7.56. The zero-order valence-corrected chi connectivity index (χ0v) is 24.3. The van der Waals surface area contributed by atoms with Crippen molar-refractivity contribution in [2.45, 2.75) is 24.6 Å². The smallest absolute Gasteiger partial charge is 0.378 e. The van der Waals surface area contributed by atoms with Gasteiger partial charge in [-0.3, -0.25) is 9.59 Å². The molecule has 5 rings (SSSR count). The van der Waals surface area contributed by atoms with Crippen molar-refractivity contribution in [3.05, 3.63) is 82.6 Å². The second-order valence-corrected chi connectivity index (χ2v) is 11.3.